The molecule has 0 fully saturated rings. The smallest absolute Gasteiger partial charge is 0.249 e. The minimum absolute atomic E-state index is 0.0882. The number of nitrogens with zero attached hydrogens (tertiary/aromatic N) is 1. The largest absolute Gasteiger partial charge is 0.366 e. The molecule has 3 aromatic carbocycles. The van der Waals surface area contributed by atoms with E-state index in [1.165, 1.54) is 22.8 Å². The molecule has 0 aliphatic carbocycles. The molecule has 0 saturated carbocycles. The molecule has 2 N–H and O–H groups in total. The number of fused-ring (bicyclic) bond motifs is 3. The number of rotatable bonds is 3. The van der Waals surface area contributed by atoms with E-state index in [4.69, 9.17) is 5.73 Å². The Bertz CT molecular complexity index is 1230. The second-order valence-corrected chi connectivity index (χ2v) is 6.15. The molecule has 0 spiro atoms. The fraction of sp³-hybridized carbons (Fsp3) is 0.0500. The Hall–Kier alpha value is -3.35. The van der Waals surface area contributed by atoms with Gasteiger partial charge in [0.05, 0.1) is 17.6 Å². The van der Waals surface area contributed by atoms with Gasteiger partial charge < -0.3 is 10.3 Å². The number of carbonyl (C=O) groups is 1. The van der Waals surface area contributed by atoms with Crippen LogP contribution >= 0.6 is 0 Å². The van der Waals surface area contributed by atoms with Gasteiger partial charge in [-0.15, -0.1) is 0 Å². The molecule has 0 aliphatic rings. The number of primary amides is 1. The van der Waals surface area contributed by atoms with E-state index in [9.17, 15) is 22.4 Å². The molecule has 7 heteroatoms. The van der Waals surface area contributed by atoms with Crippen molar-refractivity contribution in [2.45, 2.75) is 6.54 Å². The van der Waals surface area contributed by atoms with Gasteiger partial charge in [-0.1, -0.05) is 18.2 Å². The van der Waals surface area contributed by atoms with E-state index in [-0.39, 0.29) is 23.2 Å². The zero-order chi connectivity index (χ0) is 19.3. The van der Waals surface area contributed by atoms with Crippen molar-refractivity contribution in [3.8, 4) is 0 Å². The first kappa shape index (κ1) is 17.1. The second kappa shape index (κ2) is 6.12. The zero-order valence-corrected chi connectivity index (χ0v) is 13.8. The minimum atomic E-state index is -1.33. The summed E-state index contributed by atoms with van der Waals surface area (Å²) in [6, 6.07) is 10.2. The van der Waals surface area contributed by atoms with Crippen LogP contribution in [0.2, 0.25) is 0 Å². The molecule has 0 saturated heterocycles. The third-order valence-electron chi connectivity index (χ3n) is 4.52. The summed E-state index contributed by atoms with van der Waals surface area (Å²) in [6.07, 6.45) is 0. The van der Waals surface area contributed by atoms with Crippen LogP contribution in [0.25, 0.3) is 21.8 Å². The maximum Gasteiger partial charge on any atom is 0.249 e. The van der Waals surface area contributed by atoms with Crippen molar-refractivity contribution in [2.24, 2.45) is 5.73 Å². The van der Waals surface area contributed by atoms with Crippen molar-refractivity contribution >= 4 is 27.7 Å². The highest BCUT2D eigenvalue weighted by atomic mass is 19.2. The Morgan fingerprint density at radius 1 is 0.963 bits per heavy atom. The third-order valence-corrected chi connectivity index (χ3v) is 4.52. The molecule has 1 heterocycles. The Kier molecular flexibility index (Phi) is 3.87. The normalized spacial score (nSPS) is 11.4. The van der Waals surface area contributed by atoms with Gasteiger partial charge in [0, 0.05) is 28.0 Å². The van der Waals surface area contributed by atoms with Crippen molar-refractivity contribution in [1.29, 1.82) is 0 Å². The number of aromatic nitrogens is 1. The number of nitrogens with two attached hydrogens (primary N) is 1. The van der Waals surface area contributed by atoms with Crippen LogP contribution in [-0.4, -0.2) is 10.5 Å². The van der Waals surface area contributed by atoms with E-state index >= 15 is 0 Å². The molecule has 0 aliphatic heterocycles. The predicted octanol–water partition coefficient (Wildman–Crippen LogP) is 4.50. The number of para-hydroxylation sites is 1. The lowest BCUT2D eigenvalue weighted by molar-refractivity contribution is 0.100. The van der Waals surface area contributed by atoms with Crippen LogP contribution in [0, 0.1) is 23.3 Å². The minimum Gasteiger partial charge on any atom is -0.366 e. The maximum atomic E-state index is 14.6. The second-order valence-electron chi connectivity index (χ2n) is 6.15. The van der Waals surface area contributed by atoms with Gasteiger partial charge in [0.2, 0.25) is 5.91 Å². The molecule has 0 unspecified atom stereocenters. The quantitative estimate of drug-likeness (QED) is 0.418. The summed E-state index contributed by atoms with van der Waals surface area (Å²) in [5, 5.41) is 0.800. The van der Waals surface area contributed by atoms with E-state index in [0.29, 0.717) is 22.4 Å². The monoisotopic (exact) mass is 372 g/mol. The van der Waals surface area contributed by atoms with Crippen LogP contribution in [-0.2, 0) is 6.54 Å². The summed E-state index contributed by atoms with van der Waals surface area (Å²) >= 11 is 0. The van der Waals surface area contributed by atoms with Gasteiger partial charge >= 0.3 is 0 Å². The van der Waals surface area contributed by atoms with Crippen molar-refractivity contribution < 1.29 is 22.4 Å². The molecule has 27 heavy (non-hydrogen) atoms. The van der Waals surface area contributed by atoms with Crippen LogP contribution in [0.1, 0.15) is 15.9 Å². The summed E-state index contributed by atoms with van der Waals surface area (Å²) in [6.45, 7) is -0.330. The molecule has 1 aromatic heterocycles. The predicted molar refractivity (Wildman–Crippen MR) is 93.3 cm³/mol. The SMILES string of the molecule is NC(=O)c1cccc2c1c1cccc(F)c1n2Cc1cc(F)cc(F)c1F. The topological polar surface area (TPSA) is 48.0 Å². The first-order chi connectivity index (χ1) is 12.9. The van der Waals surface area contributed by atoms with E-state index in [2.05, 4.69) is 0 Å². The van der Waals surface area contributed by atoms with Crippen LogP contribution < -0.4 is 5.73 Å². The lowest BCUT2D eigenvalue weighted by Crippen LogP contribution is -2.11. The molecular formula is C20H12F4N2O. The molecule has 4 rings (SSSR count). The standard InChI is InChI=1S/C20H12F4N2O/c21-11-7-10(18(24)15(23)8-11)9-26-16-6-2-4-13(20(25)27)17(16)12-3-1-5-14(22)19(12)26/h1-8H,9H2,(H2,25,27). The van der Waals surface area contributed by atoms with E-state index < -0.39 is 29.2 Å². The van der Waals surface area contributed by atoms with Gasteiger partial charge in [-0.3, -0.25) is 4.79 Å². The Morgan fingerprint density at radius 2 is 1.70 bits per heavy atom. The summed E-state index contributed by atoms with van der Waals surface area (Å²) in [5.41, 5.74) is 5.82. The van der Waals surface area contributed by atoms with Gasteiger partial charge in [-0.05, 0) is 24.3 Å². The summed E-state index contributed by atoms with van der Waals surface area (Å²) in [7, 11) is 0. The number of benzene rings is 3. The zero-order valence-electron chi connectivity index (χ0n) is 13.8. The first-order valence-electron chi connectivity index (χ1n) is 8.01. The average Bonchev–Trinajstić information content (AvgIpc) is 2.94. The summed E-state index contributed by atoms with van der Waals surface area (Å²) in [4.78, 5) is 11.8. The summed E-state index contributed by atoms with van der Waals surface area (Å²) in [5.74, 6) is -4.80. The van der Waals surface area contributed by atoms with Crippen LogP contribution in [0.3, 0.4) is 0 Å². The van der Waals surface area contributed by atoms with Gasteiger partial charge in [-0.25, -0.2) is 17.6 Å². The molecule has 0 atom stereocenters. The molecule has 0 bridgehead atoms. The molecule has 0 radical (unpaired) electrons. The summed E-state index contributed by atoms with van der Waals surface area (Å²) < 4.78 is 57.3. The number of carbonyl (C=O) groups excluding carboxylic acids is 1. The number of amides is 1. The Balaban J connectivity index is 2.08. The Labute approximate surface area is 150 Å². The number of hydrogen-bond acceptors (Lipinski definition) is 1. The highest BCUT2D eigenvalue weighted by Crippen LogP contribution is 2.34. The van der Waals surface area contributed by atoms with Crippen molar-refractivity contribution in [1.82, 2.24) is 4.57 Å². The molecular weight excluding hydrogens is 360 g/mol. The highest BCUT2D eigenvalue weighted by Gasteiger charge is 2.20. The van der Waals surface area contributed by atoms with Crippen molar-refractivity contribution in [3.63, 3.8) is 0 Å². The van der Waals surface area contributed by atoms with Gasteiger partial charge in [0.1, 0.15) is 11.6 Å². The van der Waals surface area contributed by atoms with E-state index in [0.717, 1.165) is 6.07 Å². The van der Waals surface area contributed by atoms with Gasteiger partial charge in [0.15, 0.2) is 11.6 Å². The van der Waals surface area contributed by atoms with Crippen molar-refractivity contribution in [3.05, 3.63) is 82.9 Å². The van der Waals surface area contributed by atoms with E-state index in [1.54, 1.807) is 18.2 Å². The molecule has 1 amide bonds. The van der Waals surface area contributed by atoms with Crippen LogP contribution in [0.5, 0.6) is 0 Å². The third kappa shape index (κ3) is 2.63. The molecule has 136 valence electrons. The van der Waals surface area contributed by atoms with Gasteiger partial charge in [0.25, 0.3) is 0 Å². The fourth-order valence-electron chi connectivity index (χ4n) is 3.42. The number of hydrogen-bond donors (Lipinski definition) is 1. The van der Waals surface area contributed by atoms with E-state index in [1.807, 2.05) is 0 Å². The first-order valence-corrected chi connectivity index (χ1v) is 8.01. The van der Waals surface area contributed by atoms with Crippen molar-refractivity contribution in [2.75, 3.05) is 0 Å². The number of halogens is 4. The average molecular weight is 372 g/mol. The lowest BCUT2D eigenvalue weighted by Gasteiger charge is -2.10. The lowest BCUT2D eigenvalue weighted by atomic mass is 10.1. The fourth-order valence-corrected chi connectivity index (χ4v) is 3.42. The highest BCUT2D eigenvalue weighted by molar-refractivity contribution is 6.17. The van der Waals surface area contributed by atoms with Gasteiger partial charge in [-0.2, -0.15) is 0 Å². The van der Waals surface area contributed by atoms with Crippen LogP contribution in [0.4, 0.5) is 17.6 Å². The molecule has 4 aromatic rings. The Morgan fingerprint density at radius 3 is 2.44 bits per heavy atom. The maximum absolute atomic E-state index is 14.6. The van der Waals surface area contributed by atoms with Crippen LogP contribution in [0.15, 0.2) is 48.5 Å². The molecule has 3 nitrogen and oxygen atoms in total.